The molecular weight excluding hydrogens is 412 g/mol. The van der Waals surface area contributed by atoms with Crippen LogP contribution in [0.2, 0.25) is 0 Å². The molecule has 0 unspecified atom stereocenters. The minimum absolute atomic E-state index is 0. The summed E-state index contributed by atoms with van der Waals surface area (Å²) in [6, 6.07) is 3.18. The number of hydrogen-bond donors (Lipinski definition) is 0. The maximum Gasteiger partial charge on any atom is 2.00 e. The maximum absolute atomic E-state index is 13.1. The van der Waals surface area contributed by atoms with Crippen molar-refractivity contribution in [3.63, 3.8) is 0 Å². The van der Waals surface area contributed by atoms with Crippen molar-refractivity contribution in [3.05, 3.63) is 47.2 Å². The number of halogens is 4. The summed E-state index contributed by atoms with van der Waals surface area (Å²) in [7, 11) is 0. The van der Waals surface area contributed by atoms with Crippen molar-refractivity contribution in [2.45, 2.75) is 6.36 Å². The van der Waals surface area contributed by atoms with Gasteiger partial charge in [0, 0.05) is 0 Å². The van der Waals surface area contributed by atoms with Crippen molar-refractivity contribution >= 4 is 5.70 Å². The van der Waals surface area contributed by atoms with E-state index in [1.54, 1.807) is 0 Å². The Kier molecular flexibility index (Phi) is 5.16. The third-order valence-corrected chi connectivity index (χ3v) is 1.71. The van der Waals surface area contributed by atoms with E-state index in [9.17, 15) is 17.6 Å². The SMILES string of the molecule is Fc1cc(C2=C[N-]2)ccc1OC(F)(F)F.[NH2-].[W+2]. The Hall–Kier alpha value is -1.07. The Morgan fingerprint density at radius 1 is 1.18 bits per heavy atom. The van der Waals surface area contributed by atoms with Gasteiger partial charge in [0.2, 0.25) is 0 Å². The summed E-state index contributed by atoms with van der Waals surface area (Å²) in [6.45, 7) is 0. The molecule has 0 fully saturated rings. The van der Waals surface area contributed by atoms with E-state index in [-0.39, 0.29) is 27.2 Å². The van der Waals surface area contributed by atoms with E-state index >= 15 is 0 Å². The van der Waals surface area contributed by atoms with Gasteiger partial charge in [-0.15, -0.1) is 13.2 Å². The van der Waals surface area contributed by atoms with Gasteiger partial charge in [0.1, 0.15) is 0 Å². The molecule has 1 aliphatic heterocycles. The summed E-state index contributed by atoms with van der Waals surface area (Å²) >= 11 is 0. The van der Waals surface area contributed by atoms with Crippen LogP contribution in [0, 0.1) is 5.82 Å². The van der Waals surface area contributed by atoms with Crippen molar-refractivity contribution in [2.75, 3.05) is 0 Å². The Morgan fingerprint density at radius 3 is 2.18 bits per heavy atom. The number of benzene rings is 1. The smallest absolute Gasteiger partial charge is 0.693 e. The Labute approximate surface area is 109 Å². The zero-order valence-electron chi connectivity index (χ0n) is 8.16. The van der Waals surface area contributed by atoms with Gasteiger partial charge in [-0.05, 0) is 17.7 Å². The summed E-state index contributed by atoms with van der Waals surface area (Å²) in [4.78, 5) is 0. The number of nitrogens with zero attached hydrogens (tertiary/aromatic N) is 1. The molecule has 0 amide bonds. The third kappa shape index (κ3) is 4.36. The second kappa shape index (κ2) is 5.51. The summed E-state index contributed by atoms with van der Waals surface area (Å²) in [5.74, 6) is -1.90. The fourth-order valence-corrected chi connectivity index (χ4v) is 1.05. The van der Waals surface area contributed by atoms with E-state index in [4.69, 9.17) is 0 Å². The monoisotopic (exact) mass is 418 g/mol. The van der Waals surface area contributed by atoms with Gasteiger partial charge in [0.15, 0.2) is 11.6 Å². The van der Waals surface area contributed by atoms with Gasteiger partial charge in [0.25, 0.3) is 0 Å². The van der Waals surface area contributed by atoms with E-state index in [1.165, 1.54) is 12.3 Å². The van der Waals surface area contributed by atoms with Crippen molar-refractivity contribution in [1.29, 1.82) is 0 Å². The van der Waals surface area contributed by atoms with Crippen LogP contribution in [0.5, 0.6) is 5.75 Å². The van der Waals surface area contributed by atoms with Crippen molar-refractivity contribution in [2.24, 2.45) is 0 Å². The zero-order chi connectivity index (χ0) is 11.1. The topological polar surface area (TPSA) is 56.8 Å². The molecule has 2 N–H and O–H groups in total. The van der Waals surface area contributed by atoms with E-state index in [0.29, 0.717) is 11.3 Å². The average molecular weight is 418 g/mol. The molecule has 0 spiro atoms. The second-order valence-corrected chi connectivity index (χ2v) is 2.84. The molecule has 0 atom stereocenters. The molecule has 0 aliphatic carbocycles. The summed E-state index contributed by atoms with van der Waals surface area (Å²) in [5, 5.41) is 3.68. The van der Waals surface area contributed by atoms with Crippen LogP contribution < -0.4 is 4.74 Å². The summed E-state index contributed by atoms with van der Waals surface area (Å²) < 4.78 is 51.9. The first kappa shape index (κ1) is 15.9. The molecule has 0 saturated heterocycles. The van der Waals surface area contributed by atoms with Gasteiger partial charge in [-0.1, -0.05) is 6.07 Å². The Morgan fingerprint density at radius 2 is 1.76 bits per heavy atom. The van der Waals surface area contributed by atoms with Crippen molar-refractivity contribution < 1.29 is 43.4 Å². The molecule has 17 heavy (non-hydrogen) atoms. The number of ether oxygens (including phenoxy) is 1. The molecule has 2 rings (SSSR count). The van der Waals surface area contributed by atoms with Gasteiger partial charge in [-0.3, -0.25) is 0 Å². The summed E-state index contributed by atoms with van der Waals surface area (Å²) in [6.07, 6.45) is -3.40. The van der Waals surface area contributed by atoms with E-state index in [1.807, 2.05) is 0 Å². The predicted molar refractivity (Wildman–Crippen MR) is 49.7 cm³/mol. The molecule has 0 bridgehead atoms. The molecule has 0 radical (unpaired) electrons. The molecule has 3 nitrogen and oxygen atoms in total. The number of rotatable bonds is 2. The molecule has 1 aliphatic rings. The van der Waals surface area contributed by atoms with Crippen LogP contribution in [0.3, 0.4) is 0 Å². The fraction of sp³-hybridized carbons (Fsp3) is 0.111. The first-order valence-electron chi connectivity index (χ1n) is 3.92. The quantitative estimate of drug-likeness (QED) is 0.667. The van der Waals surface area contributed by atoms with Gasteiger partial charge in [-0.25, -0.2) is 4.39 Å². The van der Waals surface area contributed by atoms with Crippen LogP contribution in [0.4, 0.5) is 17.6 Å². The molecular formula is C9H6F4N2OW. The molecule has 1 aromatic carbocycles. The minimum Gasteiger partial charge on any atom is -0.693 e. The molecule has 8 heteroatoms. The molecule has 0 aromatic heterocycles. The molecule has 0 saturated carbocycles. The number of nitrogens with two attached hydrogens (primary N) is 1. The minimum atomic E-state index is -4.88. The van der Waals surface area contributed by atoms with Gasteiger partial charge < -0.3 is 16.2 Å². The molecule has 92 valence electrons. The van der Waals surface area contributed by atoms with Crippen LogP contribution in [0.1, 0.15) is 5.56 Å². The Balaban J connectivity index is 0.00000128. The van der Waals surface area contributed by atoms with Crippen LogP contribution in [0.15, 0.2) is 24.4 Å². The predicted octanol–water partition coefficient (Wildman–Crippen LogP) is 4.12. The normalized spacial score (nSPS) is 12.6. The van der Waals surface area contributed by atoms with Crippen LogP contribution >= 0.6 is 0 Å². The van der Waals surface area contributed by atoms with Gasteiger partial charge >= 0.3 is 27.4 Å². The largest absolute Gasteiger partial charge is 2.00 e. The standard InChI is InChI=1S/C9H4F4NO.H2N.W/c10-6-3-5(7-4-14-7)1-2-8(6)15-9(11,12)13;;/h1-4H;1H2;/q2*-1;+2. The van der Waals surface area contributed by atoms with Crippen molar-refractivity contribution in [3.8, 4) is 5.75 Å². The first-order chi connectivity index (χ1) is 6.96. The molecule has 1 heterocycles. The third-order valence-electron chi connectivity index (χ3n) is 1.71. The van der Waals surface area contributed by atoms with Crippen LogP contribution in [-0.4, -0.2) is 6.36 Å². The first-order valence-corrected chi connectivity index (χ1v) is 3.92. The van der Waals surface area contributed by atoms with E-state index in [0.717, 1.165) is 12.1 Å². The van der Waals surface area contributed by atoms with E-state index < -0.39 is 17.9 Å². The maximum atomic E-state index is 13.1. The Bertz CT molecular complexity index is 433. The van der Waals surface area contributed by atoms with Gasteiger partial charge in [0.05, 0.1) is 0 Å². The average Bonchev–Trinajstić information content (AvgIpc) is 2.89. The van der Waals surface area contributed by atoms with Crippen molar-refractivity contribution in [1.82, 2.24) is 0 Å². The number of alkyl halides is 3. The number of hydrogen-bond acceptors (Lipinski definition) is 1. The van der Waals surface area contributed by atoms with Crippen LogP contribution in [0.25, 0.3) is 17.2 Å². The van der Waals surface area contributed by atoms with Gasteiger partial charge in [-0.2, -0.15) is 11.9 Å². The fourth-order valence-electron chi connectivity index (χ4n) is 1.05. The molecule has 1 aromatic rings. The van der Waals surface area contributed by atoms with E-state index in [2.05, 4.69) is 10.1 Å². The van der Waals surface area contributed by atoms with Crippen LogP contribution in [-0.2, 0) is 21.1 Å². The zero-order valence-corrected chi connectivity index (χ0v) is 11.1. The second-order valence-electron chi connectivity index (χ2n) is 2.84. The summed E-state index contributed by atoms with van der Waals surface area (Å²) in [5.41, 5.74) is 0.995.